The molecule has 0 aromatic carbocycles. The highest BCUT2D eigenvalue weighted by molar-refractivity contribution is 5.82. The summed E-state index contributed by atoms with van der Waals surface area (Å²) in [7, 11) is 1.97. The summed E-state index contributed by atoms with van der Waals surface area (Å²) in [5, 5.41) is 8.94. The summed E-state index contributed by atoms with van der Waals surface area (Å²) in [5.74, 6) is 0.188. The molecule has 4 heteroatoms. The molecular weight excluding hydrogens is 238 g/mol. The summed E-state index contributed by atoms with van der Waals surface area (Å²) in [6, 6.07) is 2.37. The lowest BCUT2D eigenvalue weighted by Crippen LogP contribution is -2.48. The van der Waals surface area contributed by atoms with Gasteiger partial charge in [-0.1, -0.05) is 25.7 Å². The van der Waals surface area contributed by atoms with Crippen LogP contribution in [-0.2, 0) is 4.79 Å². The fraction of sp³-hybridized carbons (Fsp3) is 0.867. The summed E-state index contributed by atoms with van der Waals surface area (Å²) >= 11 is 0. The zero-order chi connectivity index (χ0) is 13.7. The first-order valence-corrected chi connectivity index (χ1v) is 7.61. The Bertz CT molecular complexity index is 342. The van der Waals surface area contributed by atoms with E-state index in [4.69, 9.17) is 5.26 Å². The number of nitriles is 1. The first-order chi connectivity index (χ1) is 9.24. The topological polar surface area (TPSA) is 47.3 Å². The average Bonchev–Trinajstić information content (AvgIpc) is 2.74. The zero-order valence-corrected chi connectivity index (χ0v) is 12.0. The van der Waals surface area contributed by atoms with E-state index in [2.05, 4.69) is 15.9 Å². The van der Waals surface area contributed by atoms with Crippen LogP contribution in [0, 0.1) is 11.3 Å². The Morgan fingerprint density at radius 3 is 2.47 bits per heavy atom. The van der Waals surface area contributed by atoms with Crippen LogP contribution in [0.1, 0.15) is 51.4 Å². The van der Waals surface area contributed by atoms with Crippen molar-refractivity contribution in [3.05, 3.63) is 0 Å². The van der Waals surface area contributed by atoms with Gasteiger partial charge in [0, 0.05) is 19.1 Å². The number of nitrogens with zero attached hydrogens (tertiary/aromatic N) is 3. The fourth-order valence-electron chi connectivity index (χ4n) is 3.40. The molecule has 0 spiro atoms. The smallest absolute Gasteiger partial charge is 0.241 e. The van der Waals surface area contributed by atoms with Crippen molar-refractivity contribution in [2.45, 2.75) is 63.5 Å². The molecule has 0 radical (unpaired) electrons. The van der Waals surface area contributed by atoms with Crippen LogP contribution in [0.5, 0.6) is 0 Å². The van der Waals surface area contributed by atoms with Gasteiger partial charge in [-0.3, -0.25) is 9.69 Å². The predicted molar refractivity (Wildman–Crippen MR) is 74.5 cm³/mol. The third-order valence-corrected chi connectivity index (χ3v) is 4.56. The van der Waals surface area contributed by atoms with Gasteiger partial charge in [-0.05, 0) is 26.3 Å². The molecule has 0 aromatic rings. The Balaban J connectivity index is 2.09. The van der Waals surface area contributed by atoms with Crippen LogP contribution < -0.4 is 0 Å². The number of hydrogen-bond acceptors (Lipinski definition) is 3. The molecule has 1 saturated heterocycles. The predicted octanol–water partition coefficient (Wildman–Crippen LogP) is 2.16. The Morgan fingerprint density at radius 1 is 1.16 bits per heavy atom. The number of hydrogen-bond donors (Lipinski definition) is 0. The first-order valence-electron chi connectivity index (χ1n) is 7.61. The lowest BCUT2D eigenvalue weighted by molar-refractivity contribution is -0.137. The van der Waals surface area contributed by atoms with E-state index >= 15 is 0 Å². The number of likely N-dealkylation sites (N-methyl/N-ethyl adjacent to an activating group) is 1. The zero-order valence-electron chi connectivity index (χ0n) is 12.0. The van der Waals surface area contributed by atoms with Gasteiger partial charge in [-0.2, -0.15) is 5.26 Å². The van der Waals surface area contributed by atoms with E-state index in [1.165, 1.54) is 25.7 Å². The van der Waals surface area contributed by atoms with Gasteiger partial charge in [-0.25, -0.2) is 0 Å². The van der Waals surface area contributed by atoms with Gasteiger partial charge in [-0.15, -0.1) is 0 Å². The molecule has 1 atom stereocenters. The largest absolute Gasteiger partial charge is 0.338 e. The molecule has 4 nitrogen and oxygen atoms in total. The Labute approximate surface area is 116 Å². The number of rotatable bonds is 2. The Morgan fingerprint density at radius 2 is 1.84 bits per heavy atom. The first kappa shape index (κ1) is 14.3. The van der Waals surface area contributed by atoms with Crippen molar-refractivity contribution in [3.8, 4) is 6.07 Å². The molecule has 19 heavy (non-hydrogen) atoms. The van der Waals surface area contributed by atoms with Crippen molar-refractivity contribution < 1.29 is 4.79 Å². The minimum atomic E-state index is -0.226. The van der Waals surface area contributed by atoms with Gasteiger partial charge in [0.1, 0.15) is 6.04 Å². The van der Waals surface area contributed by atoms with Gasteiger partial charge in [0.15, 0.2) is 0 Å². The number of carbonyl (C=O) groups excluding carboxylic acids is 1. The molecule has 2 fully saturated rings. The third-order valence-electron chi connectivity index (χ3n) is 4.56. The van der Waals surface area contributed by atoms with E-state index < -0.39 is 0 Å². The molecule has 2 aliphatic rings. The lowest BCUT2D eigenvalue weighted by Gasteiger charge is -2.32. The van der Waals surface area contributed by atoms with Crippen molar-refractivity contribution in [2.24, 2.45) is 0 Å². The van der Waals surface area contributed by atoms with Crippen molar-refractivity contribution in [2.75, 3.05) is 20.1 Å². The maximum atomic E-state index is 12.7. The molecule has 1 saturated carbocycles. The Kier molecular flexibility index (Phi) is 5.21. The van der Waals surface area contributed by atoms with Crippen molar-refractivity contribution >= 4 is 5.91 Å². The minimum absolute atomic E-state index is 0.188. The molecule has 0 N–H and O–H groups in total. The molecule has 1 aliphatic heterocycles. The highest BCUT2D eigenvalue weighted by Crippen LogP contribution is 2.25. The molecule has 1 amide bonds. The third kappa shape index (κ3) is 3.48. The van der Waals surface area contributed by atoms with Crippen molar-refractivity contribution in [1.29, 1.82) is 5.26 Å². The summed E-state index contributed by atoms with van der Waals surface area (Å²) in [6.07, 6.45) is 8.74. The quantitative estimate of drug-likeness (QED) is 0.717. The average molecular weight is 263 g/mol. The second-order valence-electron chi connectivity index (χ2n) is 5.89. The molecular formula is C15H25N3O. The van der Waals surface area contributed by atoms with E-state index in [-0.39, 0.29) is 11.9 Å². The van der Waals surface area contributed by atoms with Gasteiger partial charge in [0.25, 0.3) is 0 Å². The van der Waals surface area contributed by atoms with E-state index in [0.717, 1.165) is 32.4 Å². The van der Waals surface area contributed by atoms with E-state index in [0.29, 0.717) is 12.5 Å². The summed E-state index contributed by atoms with van der Waals surface area (Å²) in [4.78, 5) is 16.8. The maximum absolute atomic E-state index is 12.7. The molecule has 0 aromatic heterocycles. The van der Waals surface area contributed by atoms with Crippen LogP contribution in [-0.4, -0.2) is 47.9 Å². The summed E-state index contributed by atoms with van der Waals surface area (Å²) in [6.45, 7) is 1.79. The minimum Gasteiger partial charge on any atom is -0.338 e. The standard InChI is InChI=1S/C15H25N3O/c1-17-11-6-12-18(15(19)14(17)9-10-16)13-7-4-2-3-5-8-13/h13-14H,2-9,11-12H2,1H3. The van der Waals surface area contributed by atoms with Crippen LogP contribution in [0.2, 0.25) is 0 Å². The van der Waals surface area contributed by atoms with Gasteiger partial charge < -0.3 is 4.90 Å². The van der Waals surface area contributed by atoms with Gasteiger partial charge >= 0.3 is 0 Å². The number of amides is 1. The SMILES string of the molecule is CN1CCCN(C2CCCCCC2)C(=O)C1CC#N. The maximum Gasteiger partial charge on any atom is 0.241 e. The van der Waals surface area contributed by atoms with E-state index in [1.807, 2.05) is 7.05 Å². The van der Waals surface area contributed by atoms with Crippen LogP contribution in [0.15, 0.2) is 0 Å². The highest BCUT2D eigenvalue weighted by Gasteiger charge is 2.34. The monoisotopic (exact) mass is 263 g/mol. The molecule has 2 rings (SSSR count). The van der Waals surface area contributed by atoms with Gasteiger partial charge in [0.2, 0.25) is 5.91 Å². The highest BCUT2D eigenvalue weighted by atomic mass is 16.2. The molecule has 1 heterocycles. The Hall–Kier alpha value is -1.08. The van der Waals surface area contributed by atoms with Crippen LogP contribution in [0.3, 0.4) is 0 Å². The van der Waals surface area contributed by atoms with Crippen LogP contribution in [0.25, 0.3) is 0 Å². The fourth-order valence-corrected chi connectivity index (χ4v) is 3.40. The van der Waals surface area contributed by atoms with Crippen LogP contribution in [0.4, 0.5) is 0 Å². The normalized spacial score (nSPS) is 27.7. The lowest BCUT2D eigenvalue weighted by atomic mass is 10.0. The van der Waals surface area contributed by atoms with Gasteiger partial charge in [0.05, 0.1) is 12.5 Å². The molecule has 1 unspecified atom stereocenters. The van der Waals surface area contributed by atoms with Crippen molar-refractivity contribution in [1.82, 2.24) is 9.80 Å². The summed E-state index contributed by atoms with van der Waals surface area (Å²) < 4.78 is 0. The molecule has 1 aliphatic carbocycles. The van der Waals surface area contributed by atoms with Crippen molar-refractivity contribution in [3.63, 3.8) is 0 Å². The summed E-state index contributed by atoms with van der Waals surface area (Å²) in [5.41, 5.74) is 0. The van der Waals surface area contributed by atoms with E-state index in [1.54, 1.807) is 0 Å². The second-order valence-corrected chi connectivity index (χ2v) is 5.89. The second kappa shape index (κ2) is 6.91. The van der Waals surface area contributed by atoms with E-state index in [9.17, 15) is 4.79 Å². The molecule has 0 bridgehead atoms. The number of carbonyl (C=O) groups is 1. The molecule has 106 valence electrons. The van der Waals surface area contributed by atoms with Crippen LogP contribution >= 0.6 is 0 Å².